The van der Waals surface area contributed by atoms with Crippen LogP contribution < -0.4 is 10.5 Å². The van der Waals surface area contributed by atoms with Crippen LogP contribution in [0.4, 0.5) is 5.69 Å². The SMILES string of the molecule is CCCCCCOCCCNS(=O)(=O)c1ccccc1N. The second kappa shape index (κ2) is 9.76. The van der Waals surface area contributed by atoms with Gasteiger partial charge in [-0.3, -0.25) is 0 Å². The molecule has 1 rings (SSSR count). The summed E-state index contributed by atoms with van der Waals surface area (Å²) in [5, 5.41) is 0. The fourth-order valence-corrected chi connectivity index (χ4v) is 3.12. The largest absolute Gasteiger partial charge is 0.398 e. The second-order valence-corrected chi connectivity index (χ2v) is 6.70. The van der Waals surface area contributed by atoms with Crippen molar-refractivity contribution in [2.75, 3.05) is 25.5 Å². The Morgan fingerprint density at radius 2 is 1.81 bits per heavy atom. The van der Waals surface area contributed by atoms with Gasteiger partial charge in [-0.1, -0.05) is 38.3 Å². The molecule has 0 bridgehead atoms. The Kier molecular flexibility index (Phi) is 8.34. The summed E-state index contributed by atoms with van der Waals surface area (Å²) in [5.41, 5.74) is 5.93. The molecule has 0 aromatic heterocycles. The van der Waals surface area contributed by atoms with Gasteiger partial charge in [0.1, 0.15) is 4.90 Å². The number of nitrogens with two attached hydrogens (primary N) is 1. The molecular formula is C15H26N2O3S. The number of hydrogen-bond acceptors (Lipinski definition) is 4. The van der Waals surface area contributed by atoms with Gasteiger partial charge in [0.15, 0.2) is 0 Å². The summed E-state index contributed by atoms with van der Waals surface area (Å²) in [7, 11) is -3.53. The first-order valence-corrected chi connectivity index (χ1v) is 8.98. The number of ether oxygens (including phenoxy) is 1. The molecule has 0 saturated heterocycles. The molecule has 1 aromatic rings. The van der Waals surface area contributed by atoms with Crippen LogP contribution in [0.15, 0.2) is 29.2 Å². The molecule has 1 aromatic carbocycles. The number of benzene rings is 1. The van der Waals surface area contributed by atoms with Gasteiger partial charge in [0.25, 0.3) is 0 Å². The molecule has 6 heteroatoms. The summed E-state index contributed by atoms with van der Waals surface area (Å²) in [4.78, 5) is 0.130. The number of sulfonamides is 1. The van der Waals surface area contributed by atoms with Gasteiger partial charge in [0, 0.05) is 19.8 Å². The number of anilines is 1. The number of nitrogen functional groups attached to an aromatic ring is 1. The fourth-order valence-electron chi connectivity index (χ4n) is 1.92. The lowest BCUT2D eigenvalue weighted by molar-refractivity contribution is 0.128. The Morgan fingerprint density at radius 1 is 1.10 bits per heavy atom. The zero-order valence-electron chi connectivity index (χ0n) is 12.7. The van der Waals surface area contributed by atoms with E-state index in [1.165, 1.54) is 25.3 Å². The first kappa shape index (κ1) is 17.9. The summed E-state index contributed by atoms with van der Waals surface area (Å²) in [6.45, 7) is 3.84. The van der Waals surface area contributed by atoms with Gasteiger partial charge >= 0.3 is 0 Å². The number of rotatable bonds is 11. The van der Waals surface area contributed by atoms with E-state index >= 15 is 0 Å². The van der Waals surface area contributed by atoms with E-state index in [4.69, 9.17) is 10.5 Å². The predicted octanol–water partition coefficient (Wildman–Crippen LogP) is 2.53. The third-order valence-corrected chi connectivity index (χ3v) is 4.64. The molecule has 0 atom stereocenters. The third-order valence-electron chi connectivity index (χ3n) is 3.11. The molecule has 5 nitrogen and oxygen atoms in total. The highest BCUT2D eigenvalue weighted by molar-refractivity contribution is 7.89. The quantitative estimate of drug-likeness (QED) is 0.486. The first-order chi connectivity index (χ1) is 10.1. The van der Waals surface area contributed by atoms with Crippen LogP contribution in [0.2, 0.25) is 0 Å². The molecule has 0 saturated carbocycles. The summed E-state index contributed by atoms with van der Waals surface area (Å²) in [5.74, 6) is 0. The van der Waals surface area contributed by atoms with Gasteiger partial charge in [-0.2, -0.15) is 0 Å². The summed E-state index contributed by atoms with van der Waals surface area (Å²) >= 11 is 0. The molecule has 0 fully saturated rings. The topological polar surface area (TPSA) is 81.4 Å². The fraction of sp³-hybridized carbons (Fsp3) is 0.600. The van der Waals surface area contributed by atoms with Crippen LogP contribution in [-0.2, 0) is 14.8 Å². The minimum atomic E-state index is -3.53. The molecule has 0 aliphatic carbocycles. The van der Waals surface area contributed by atoms with E-state index in [1.807, 2.05) is 0 Å². The van der Waals surface area contributed by atoms with E-state index < -0.39 is 10.0 Å². The highest BCUT2D eigenvalue weighted by Crippen LogP contribution is 2.16. The van der Waals surface area contributed by atoms with Crippen LogP contribution >= 0.6 is 0 Å². The zero-order valence-corrected chi connectivity index (χ0v) is 13.5. The third kappa shape index (κ3) is 6.93. The van der Waals surface area contributed by atoms with Gasteiger partial charge in [-0.05, 0) is 25.0 Å². The lowest BCUT2D eigenvalue weighted by atomic mass is 10.2. The van der Waals surface area contributed by atoms with E-state index in [9.17, 15) is 8.42 Å². The minimum absolute atomic E-state index is 0.130. The molecule has 0 spiro atoms. The van der Waals surface area contributed by atoms with Gasteiger partial charge < -0.3 is 10.5 Å². The monoisotopic (exact) mass is 314 g/mol. The van der Waals surface area contributed by atoms with Crippen molar-refractivity contribution >= 4 is 15.7 Å². The van der Waals surface area contributed by atoms with Crippen molar-refractivity contribution in [3.05, 3.63) is 24.3 Å². The molecule has 3 N–H and O–H groups in total. The number of nitrogens with one attached hydrogen (secondary N) is 1. The van der Waals surface area contributed by atoms with Gasteiger partial charge in [0.05, 0.1) is 5.69 Å². The molecule has 0 unspecified atom stereocenters. The number of hydrogen-bond donors (Lipinski definition) is 2. The summed E-state index contributed by atoms with van der Waals surface area (Å²) in [6, 6.07) is 6.45. The first-order valence-electron chi connectivity index (χ1n) is 7.50. The minimum Gasteiger partial charge on any atom is -0.398 e. The zero-order chi connectivity index (χ0) is 15.6. The number of para-hydroxylation sites is 1. The van der Waals surface area contributed by atoms with Crippen LogP contribution in [0.5, 0.6) is 0 Å². The molecule has 0 radical (unpaired) electrons. The Hall–Kier alpha value is -1.11. The highest BCUT2D eigenvalue weighted by atomic mass is 32.2. The normalized spacial score (nSPS) is 11.7. The smallest absolute Gasteiger partial charge is 0.242 e. The molecule has 0 aliphatic rings. The lowest BCUT2D eigenvalue weighted by Crippen LogP contribution is -2.26. The molecule has 0 heterocycles. The van der Waals surface area contributed by atoms with Crippen LogP contribution in [0.1, 0.15) is 39.0 Å². The van der Waals surface area contributed by atoms with Crippen molar-refractivity contribution in [1.82, 2.24) is 4.72 Å². The Balaban J connectivity index is 2.19. The van der Waals surface area contributed by atoms with Crippen molar-refractivity contribution < 1.29 is 13.2 Å². The summed E-state index contributed by atoms with van der Waals surface area (Å²) < 4.78 is 32.1. The highest BCUT2D eigenvalue weighted by Gasteiger charge is 2.15. The standard InChI is InChI=1S/C15H26N2O3S/c1-2-3-4-7-12-20-13-8-11-17-21(18,19)15-10-6-5-9-14(15)16/h5-6,9-10,17H,2-4,7-8,11-13,16H2,1H3. The van der Waals surface area contributed by atoms with E-state index in [0.717, 1.165) is 13.0 Å². The van der Waals surface area contributed by atoms with Crippen LogP contribution in [0, 0.1) is 0 Å². The maximum absolute atomic E-state index is 12.0. The second-order valence-electron chi connectivity index (χ2n) is 4.96. The van der Waals surface area contributed by atoms with Crippen molar-refractivity contribution in [3.63, 3.8) is 0 Å². The predicted molar refractivity (Wildman–Crippen MR) is 85.6 cm³/mol. The maximum Gasteiger partial charge on any atom is 0.242 e. The van der Waals surface area contributed by atoms with E-state index in [2.05, 4.69) is 11.6 Å². The van der Waals surface area contributed by atoms with Crippen molar-refractivity contribution in [3.8, 4) is 0 Å². The van der Waals surface area contributed by atoms with Crippen LogP contribution in [-0.4, -0.2) is 28.2 Å². The molecule has 0 aliphatic heterocycles. The molecule has 21 heavy (non-hydrogen) atoms. The van der Waals surface area contributed by atoms with E-state index in [-0.39, 0.29) is 10.6 Å². The average molecular weight is 314 g/mol. The van der Waals surface area contributed by atoms with Gasteiger partial charge in [-0.25, -0.2) is 13.1 Å². The number of unbranched alkanes of at least 4 members (excludes halogenated alkanes) is 3. The molecule has 120 valence electrons. The summed E-state index contributed by atoms with van der Waals surface area (Å²) in [6.07, 6.45) is 5.36. The Labute approximate surface area is 127 Å². The van der Waals surface area contributed by atoms with Gasteiger partial charge in [-0.15, -0.1) is 0 Å². The molecule has 0 amide bonds. The van der Waals surface area contributed by atoms with E-state index in [1.54, 1.807) is 18.2 Å². The average Bonchev–Trinajstić information content (AvgIpc) is 2.46. The van der Waals surface area contributed by atoms with Crippen LogP contribution in [0.25, 0.3) is 0 Å². The molecular weight excluding hydrogens is 288 g/mol. The Morgan fingerprint density at radius 3 is 2.52 bits per heavy atom. The van der Waals surface area contributed by atoms with Crippen molar-refractivity contribution in [1.29, 1.82) is 0 Å². The van der Waals surface area contributed by atoms with Crippen LogP contribution in [0.3, 0.4) is 0 Å². The Bertz CT molecular complexity index is 503. The van der Waals surface area contributed by atoms with Gasteiger partial charge in [0.2, 0.25) is 10.0 Å². The van der Waals surface area contributed by atoms with E-state index in [0.29, 0.717) is 19.6 Å². The van der Waals surface area contributed by atoms with Crippen molar-refractivity contribution in [2.45, 2.75) is 43.9 Å². The van der Waals surface area contributed by atoms with Crippen molar-refractivity contribution in [2.24, 2.45) is 0 Å². The lowest BCUT2D eigenvalue weighted by Gasteiger charge is -2.09. The maximum atomic E-state index is 12.0.